The summed E-state index contributed by atoms with van der Waals surface area (Å²) < 4.78 is 15.2. The molecule has 1 aliphatic rings. The zero-order valence-electron chi connectivity index (χ0n) is 13.8. The van der Waals surface area contributed by atoms with Crippen LogP contribution >= 0.6 is 0 Å². The van der Waals surface area contributed by atoms with Gasteiger partial charge in [-0.15, -0.1) is 0 Å². The van der Waals surface area contributed by atoms with Gasteiger partial charge in [0.05, 0.1) is 5.69 Å². The first kappa shape index (κ1) is 17.1. The Labute approximate surface area is 144 Å². The molecule has 1 aliphatic carbocycles. The maximum absolute atomic E-state index is 13.6. The molecule has 2 aromatic rings. The lowest BCUT2D eigenvalue weighted by molar-refractivity contribution is -0.137. The number of carbonyl (C=O) groups excluding carboxylic acids is 1. The molecule has 1 amide bonds. The van der Waals surface area contributed by atoms with Crippen molar-refractivity contribution in [2.24, 2.45) is 0 Å². The third kappa shape index (κ3) is 3.87. The number of carboxylic acids is 1. The Kier molecular flexibility index (Phi) is 5.11. The normalized spacial score (nSPS) is 13.3. The van der Waals surface area contributed by atoms with Gasteiger partial charge in [0.15, 0.2) is 5.69 Å². The fourth-order valence-electron chi connectivity index (χ4n) is 3.13. The maximum atomic E-state index is 13.6. The number of nitrogens with one attached hydrogen (secondary N) is 1. The van der Waals surface area contributed by atoms with Crippen LogP contribution in [0.3, 0.4) is 0 Å². The zero-order valence-corrected chi connectivity index (χ0v) is 13.8. The van der Waals surface area contributed by atoms with E-state index in [0.29, 0.717) is 17.8 Å². The van der Waals surface area contributed by atoms with E-state index in [0.717, 1.165) is 36.9 Å². The monoisotopic (exact) mass is 345 g/mol. The van der Waals surface area contributed by atoms with Crippen LogP contribution in [0.4, 0.5) is 4.39 Å². The minimum Gasteiger partial charge on any atom is -0.481 e. The first-order valence-corrected chi connectivity index (χ1v) is 8.43. The molecule has 0 fully saturated rings. The van der Waals surface area contributed by atoms with Crippen molar-refractivity contribution in [3.63, 3.8) is 0 Å². The molecule has 1 heterocycles. The summed E-state index contributed by atoms with van der Waals surface area (Å²) in [6, 6.07) is 6.15. The van der Waals surface area contributed by atoms with E-state index in [-0.39, 0.29) is 24.7 Å². The van der Waals surface area contributed by atoms with Gasteiger partial charge in [-0.1, -0.05) is 6.07 Å². The van der Waals surface area contributed by atoms with Gasteiger partial charge in [0.1, 0.15) is 5.82 Å². The number of hydrogen-bond acceptors (Lipinski definition) is 3. The Hall–Kier alpha value is -2.70. The van der Waals surface area contributed by atoms with Crippen LogP contribution in [0.1, 0.15) is 47.4 Å². The number of rotatable bonds is 6. The molecule has 1 aromatic carbocycles. The van der Waals surface area contributed by atoms with Gasteiger partial charge in [0, 0.05) is 24.2 Å². The average molecular weight is 345 g/mol. The van der Waals surface area contributed by atoms with Gasteiger partial charge < -0.3 is 10.4 Å². The van der Waals surface area contributed by atoms with Gasteiger partial charge in [-0.05, 0) is 50.3 Å². The summed E-state index contributed by atoms with van der Waals surface area (Å²) in [5, 5.41) is 15.8. The molecule has 0 radical (unpaired) electrons. The Morgan fingerprint density at radius 2 is 2.08 bits per heavy atom. The summed E-state index contributed by atoms with van der Waals surface area (Å²) >= 11 is 0. The molecule has 0 saturated carbocycles. The van der Waals surface area contributed by atoms with Crippen LogP contribution in [0.5, 0.6) is 0 Å². The summed E-state index contributed by atoms with van der Waals surface area (Å²) in [6.07, 6.45) is 3.94. The maximum Gasteiger partial charge on any atom is 0.303 e. The van der Waals surface area contributed by atoms with E-state index >= 15 is 0 Å². The van der Waals surface area contributed by atoms with Crippen molar-refractivity contribution in [1.29, 1.82) is 0 Å². The number of fused-ring (bicyclic) bond motifs is 1. The minimum absolute atomic E-state index is 0.0100. The Bertz CT molecular complexity index is 801. The molecule has 2 N–H and O–H groups in total. The molecule has 0 saturated heterocycles. The van der Waals surface area contributed by atoms with Gasteiger partial charge in [-0.2, -0.15) is 5.10 Å². The van der Waals surface area contributed by atoms with Gasteiger partial charge >= 0.3 is 5.97 Å². The van der Waals surface area contributed by atoms with Crippen molar-refractivity contribution in [3.8, 4) is 5.69 Å². The second-order valence-electron chi connectivity index (χ2n) is 6.13. The number of carboxylic acid groups (broad SMARTS) is 1. The fourth-order valence-corrected chi connectivity index (χ4v) is 3.13. The molecule has 6 nitrogen and oxygen atoms in total. The van der Waals surface area contributed by atoms with Crippen molar-refractivity contribution in [2.75, 3.05) is 6.54 Å². The van der Waals surface area contributed by atoms with Crippen molar-refractivity contribution in [3.05, 3.63) is 47.0 Å². The van der Waals surface area contributed by atoms with E-state index < -0.39 is 5.97 Å². The molecule has 0 aliphatic heterocycles. The van der Waals surface area contributed by atoms with E-state index in [1.807, 2.05) is 0 Å². The second kappa shape index (κ2) is 7.46. The number of aromatic nitrogens is 2. The highest BCUT2D eigenvalue weighted by Gasteiger charge is 2.25. The first-order valence-electron chi connectivity index (χ1n) is 8.43. The van der Waals surface area contributed by atoms with Crippen LogP contribution in [0.2, 0.25) is 0 Å². The largest absolute Gasteiger partial charge is 0.481 e. The molecule has 0 atom stereocenters. The van der Waals surface area contributed by atoms with Crippen molar-refractivity contribution >= 4 is 11.9 Å². The van der Waals surface area contributed by atoms with Gasteiger partial charge in [0.2, 0.25) is 0 Å². The smallest absolute Gasteiger partial charge is 0.303 e. The molecular formula is C18H20FN3O3. The quantitative estimate of drug-likeness (QED) is 0.788. The third-order valence-corrected chi connectivity index (χ3v) is 4.30. The number of aliphatic carboxylic acids is 1. The van der Waals surface area contributed by atoms with Gasteiger partial charge in [0.25, 0.3) is 5.91 Å². The summed E-state index contributed by atoms with van der Waals surface area (Å²) in [4.78, 5) is 23.0. The number of halogens is 1. The van der Waals surface area contributed by atoms with E-state index in [9.17, 15) is 14.0 Å². The predicted molar refractivity (Wildman–Crippen MR) is 89.4 cm³/mol. The number of hydrogen-bond donors (Lipinski definition) is 2. The zero-order chi connectivity index (χ0) is 17.8. The van der Waals surface area contributed by atoms with Crippen LogP contribution < -0.4 is 5.32 Å². The summed E-state index contributed by atoms with van der Waals surface area (Å²) in [6.45, 7) is 0.284. The molecule has 25 heavy (non-hydrogen) atoms. The summed E-state index contributed by atoms with van der Waals surface area (Å²) in [5.41, 5.74) is 2.82. The summed E-state index contributed by atoms with van der Waals surface area (Å²) in [7, 11) is 0. The highest BCUT2D eigenvalue weighted by molar-refractivity contribution is 5.94. The molecular weight excluding hydrogens is 325 g/mol. The third-order valence-electron chi connectivity index (χ3n) is 4.30. The van der Waals surface area contributed by atoms with Crippen LogP contribution in [0, 0.1) is 5.82 Å². The lowest BCUT2D eigenvalue weighted by atomic mass is 9.95. The van der Waals surface area contributed by atoms with Crippen LogP contribution in [0.15, 0.2) is 24.3 Å². The molecule has 7 heteroatoms. The Balaban J connectivity index is 1.85. The molecule has 132 valence electrons. The molecule has 1 aromatic heterocycles. The predicted octanol–water partition coefficient (Wildman–Crippen LogP) is 2.48. The van der Waals surface area contributed by atoms with Gasteiger partial charge in [-0.3, -0.25) is 9.59 Å². The fraction of sp³-hybridized carbons (Fsp3) is 0.389. The number of benzene rings is 1. The van der Waals surface area contributed by atoms with Gasteiger partial charge in [-0.25, -0.2) is 9.07 Å². The molecule has 0 unspecified atom stereocenters. The number of carbonyl (C=O) groups is 2. The van der Waals surface area contributed by atoms with Crippen LogP contribution in [0.25, 0.3) is 5.69 Å². The average Bonchev–Trinajstić information content (AvgIpc) is 2.98. The Morgan fingerprint density at radius 1 is 1.28 bits per heavy atom. The van der Waals surface area contributed by atoms with Crippen molar-refractivity contribution < 1.29 is 19.1 Å². The van der Waals surface area contributed by atoms with E-state index in [4.69, 9.17) is 5.11 Å². The van der Waals surface area contributed by atoms with Crippen LogP contribution in [-0.2, 0) is 17.6 Å². The highest BCUT2D eigenvalue weighted by atomic mass is 19.1. The van der Waals surface area contributed by atoms with Crippen molar-refractivity contribution in [1.82, 2.24) is 15.1 Å². The van der Waals surface area contributed by atoms with E-state index in [1.54, 1.807) is 16.8 Å². The first-order chi connectivity index (χ1) is 12.1. The lowest BCUT2D eigenvalue weighted by Crippen LogP contribution is -2.26. The summed E-state index contributed by atoms with van der Waals surface area (Å²) in [5.74, 6) is -1.54. The second-order valence-corrected chi connectivity index (χ2v) is 6.13. The number of nitrogens with zero attached hydrogens (tertiary/aromatic N) is 2. The van der Waals surface area contributed by atoms with Crippen molar-refractivity contribution in [2.45, 2.75) is 38.5 Å². The molecule has 0 bridgehead atoms. The molecule has 3 rings (SSSR count). The Morgan fingerprint density at radius 3 is 2.84 bits per heavy atom. The SMILES string of the molecule is O=C(O)CCCNC(=O)c1nn(-c2cccc(F)c2)c2c1CCCC2. The minimum atomic E-state index is -0.887. The van der Waals surface area contributed by atoms with Crippen LogP contribution in [-0.4, -0.2) is 33.3 Å². The number of amides is 1. The topological polar surface area (TPSA) is 84.2 Å². The van der Waals surface area contributed by atoms with E-state index in [1.165, 1.54) is 12.1 Å². The standard InChI is InChI=1S/C18H20FN3O3/c19-12-5-3-6-13(11-12)22-15-8-2-1-7-14(15)17(21-22)18(25)20-10-4-9-16(23)24/h3,5-6,11H,1-2,4,7-10H2,(H,20,25)(H,23,24). The van der Waals surface area contributed by atoms with E-state index in [2.05, 4.69) is 10.4 Å². The lowest BCUT2D eigenvalue weighted by Gasteiger charge is -2.14. The highest BCUT2D eigenvalue weighted by Crippen LogP contribution is 2.27. The molecule has 0 spiro atoms.